The van der Waals surface area contributed by atoms with Gasteiger partial charge in [-0.2, -0.15) is 0 Å². The zero-order valence-electron chi connectivity index (χ0n) is 12.6. The number of ether oxygens (including phenoxy) is 1. The van der Waals surface area contributed by atoms with Gasteiger partial charge in [0.2, 0.25) is 0 Å². The first-order valence-electron chi connectivity index (χ1n) is 7.27. The molecule has 2 unspecified atom stereocenters. The predicted molar refractivity (Wildman–Crippen MR) is 79.7 cm³/mol. The number of amides is 1. The van der Waals surface area contributed by atoms with Crippen molar-refractivity contribution in [2.24, 2.45) is 0 Å². The summed E-state index contributed by atoms with van der Waals surface area (Å²) < 4.78 is 5.60. The van der Waals surface area contributed by atoms with Gasteiger partial charge in [0, 0.05) is 6.54 Å². The van der Waals surface area contributed by atoms with Crippen molar-refractivity contribution in [3.05, 3.63) is 29.8 Å². The standard InChI is InChI=1S/C16H25NO3/c1-4-5-6-10-17-16(19)13(3)20-15-9-7-8-14(11-15)12(2)18/h7-9,11-13,18H,4-6,10H2,1-3H3,(H,17,19). The molecule has 2 atom stereocenters. The van der Waals surface area contributed by atoms with E-state index in [1.54, 1.807) is 26.0 Å². The Morgan fingerprint density at radius 2 is 2.10 bits per heavy atom. The molecule has 0 bridgehead atoms. The number of unbranched alkanes of at least 4 members (excludes halogenated alkanes) is 2. The van der Waals surface area contributed by atoms with Crippen LogP contribution in [0.15, 0.2) is 24.3 Å². The van der Waals surface area contributed by atoms with E-state index in [2.05, 4.69) is 12.2 Å². The van der Waals surface area contributed by atoms with Gasteiger partial charge in [0.15, 0.2) is 6.10 Å². The summed E-state index contributed by atoms with van der Waals surface area (Å²) in [6.45, 7) is 6.24. The maximum Gasteiger partial charge on any atom is 0.260 e. The van der Waals surface area contributed by atoms with Gasteiger partial charge in [0.25, 0.3) is 5.91 Å². The van der Waals surface area contributed by atoms with Crippen molar-refractivity contribution in [2.45, 2.75) is 52.2 Å². The van der Waals surface area contributed by atoms with Gasteiger partial charge in [-0.25, -0.2) is 0 Å². The highest BCUT2D eigenvalue weighted by molar-refractivity contribution is 5.80. The van der Waals surface area contributed by atoms with Gasteiger partial charge in [0.05, 0.1) is 6.10 Å². The molecule has 0 aromatic heterocycles. The highest BCUT2D eigenvalue weighted by atomic mass is 16.5. The van der Waals surface area contributed by atoms with Crippen molar-refractivity contribution in [3.8, 4) is 5.75 Å². The maximum atomic E-state index is 11.8. The lowest BCUT2D eigenvalue weighted by molar-refractivity contribution is -0.127. The lowest BCUT2D eigenvalue weighted by atomic mass is 10.1. The van der Waals surface area contributed by atoms with Crippen LogP contribution in [0.3, 0.4) is 0 Å². The molecule has 1 aromatic carbocycles. The summed E-state index contributed by atoms with van der Waals surface area (Å²) in [5, 5.41) is 12.4. The minimum absolute atomic E-state index is 0.108. The van der Waals surface area contributed by atoms with E-state index in [0.717, 1.165) is 24.8 Å². The van der Waals surface area contributed by atoms with Crippen molar-refractivity contribution in [1.82, 2.24) is 5.32 Å². The van der Waals surface area contributed by atoms with Crippen molar-refractivity contribution in [1.29, 1.82) is 0 Å². The van der Waals surface area contributed by atoms with E-state index < -0.39 is 12.2 Å². The maximum absolute atomic E-state index is 11.8. The van der Waals surface area contributed by atoms with Crippen LogP contribution in [0.25, 0.3) is 0 Å². The van der Waals surface area contributed by atoms with Gasteiger partial charge in [-0.3, -0.25) is 4.79 Å². The number of aliphatic hydroxyl groups excluding tert-OH is 1. The molecule has 0 radical (unpaired) electrons. The molecule has 1 amide bonds. The molecule has 4 nitrogen and oxygen atoms in total. The van der Waals surface area contributed by atoms with Crippen molar-refractivity contribution >= 4 is 5.91 Å². The predicted octanol–water partition coefficient (Wildman–Crippen LogP) is 2.81. The lowest BCUT2D eigenvalue weighted by Crippen LogP contribution is -2.36. The number of carbonyl (C=O) groups excluding carboxylic acids is 1. The first-order chi connectivity index (χ1) is 9.54. The van der Waals surface area contributed by atoms with Crippen LogP contribution in [0.5, 0.6) is 5.75 Å². The number of rotatable bonds is 8. The minimum atomic E-state index is -0.545. The molecule has 0 aliphatic carbocycles. The SMILES string of the molecule is CCCCCNC(=O)C(C)Oc1cccc(C(C)O)c1. The second-order valence-corrected chi connectivity index (χ2v) is 5.01. The highest BCUT2D eigenvalue weighted by Gasteiger charge is 2.14. The lowest BCUT2D eigenvalue weighted by Gasteiger charge is -2.15. The van der Waals surface area contributed by atoms with Crippen LogP contribution >= 0.6 is 0 Å². The number of carbonyl (C=O) groups is 1. The fourth-order valence-corrected chi connectivity index (χ4v) is 1.84. The van der Waals surface area contributed by atoms with Crippen LogP contribution < -0.4 is 10.1 Å². The molecular weight excluding hydrogens is 254 g/mol. The molecule has 4 heteroatoms. The summed E-state index contributed by atoms with van der Waals surface area (Å²) in [7, 11) is 0. The Morgan fingerprint density at radius 3 is 2.75 bits per heavy atom. The fourth-order valence-electron chi connectivity index (χ4n) is 1.84. The summed E-state index contributed by atoms with van der Waals surface area (Å²) in [5.74, 6) is 0.489. The average Bonchev–Trinajstić information content (AvgIpc) is 2.43. The number of benzene rings is 1. The zero-order chi connectivity index (χ0) is 15.0. The van der Waals surface area contributed by atoms with E-state index in [9.17, 15) is 9.90 Å². The Hall–Kier alpha value is -1.55. The smallest absolute Gasteiger partial charge is 0.260 e. The summed E-state index contributed by atoms with van der Waals surface area (Å²) in [4.78, 5) is 11.8. The van der Waals surface area contributed by atoms with Crippen LogP contribution in [0.4, 0.5) is 0 Å². The molecule has 0 fully saturated rings. The zero-order valence-corrected chi connectivity index (χ0v) is 12.6. The molecule has 1 aromatic rings. The van der Waals surface area contributed by atoms with Crippen molar-refractivity contribution < 1.29 is 14.6 Å². The summed E-state index contributed by atoms with van der Waals surface area (Å²) in [6.07, 6.45) is 2.16. The second-order valence-electron chi connectivity index (χ2n) is 5.01. The average molecular weight is 279 g/mol. The van der Waals surface area contributed by atoms with Gasteiger partial charge in [0.1, 0.15) is 5.75 Å². The van der Waals surface area contributed by atoms with Crippen LogP contribution in [0.1, 0.15) is 51.7 Å². The minimum Gasteiger partial charge on any atom is -0.481 e. The first kappa shape index (κ1) is 16.5. The molecule has 0 saturated carbocycles. The summed E-state index contributed by atoms with van der Waals surface area (Å²) in [5.41, 5.74) is 0.776. The highest BCUT2D eigenvalue weighted by Crippen LogP contribution is 2.19. The van der Waals surface area contributed by atoms with Gasteiger partial charge < -0.3 is 15.2 Å². The topological polar surface area (TPSA) is 58.6 Å². The fraction of sp³-hybridized carbons (Fsp3) is 0.562. The number of aliphatic hydroxyl groups is 1. The molecule has 0 spiro atoms. The number of hydrogen-bond donors (Lipinski definition) is 2. The largest absolute Gasteiger partial charge is 0.481 e. The van der Waals surface area contributed by atoms with Crippen LogP contribution in [-0.4, -0.2) is 23.7 Å². The monoisotopic (exact) mass is 279 g/mol. The van der Waals surface area contributed by atoms with Gasteiger partial charge in [-0.05, 0) is 38.0 Å². The Kier molecular flexibility index (Phi) is 7.09. The van der Waals surface area contributed by atoms with E-state index in [1.807, 2.05) is 12.1 Å². The molecule has 2 N–H and O–H groups in total. The van der Waals surface area contributed by atoms with Gasteiger partial charge >= 0.3 is 0 Å². The molecule has 0 aliphatic rings. The number of nitrogens with one attached hydrogen (secondary N) is 1. The van der Waals surface area contributed by atoms with Crippen LogP contribution in [-0.2, 0) is 4.79 Å². The van der Waals surface area contributed by atoms with E-state index in [4.69, 9.17) is 4.74 Å². The van der Waals surface area contributed by atoms with Gasteiger partial charge in [-0.1, -0.05) is 31.9 Å². The Balaban J connectivity index is 2.46. The van der Waals surface area contributed by atoms with Crippen molar-refractivity contribution in [2.75, 3.05) is 6.54 Å². The van der Waals surface area contributed by atoms with E-state index in [0.29, 0.717) is 12.3 Å². The summed E-state index contributed by atoms with van der Waals surface area (Å²) >= 11 is 0. The molecule has 20 heavy (non-hydrogen) atoms. The molecule has 0 saturated heterocycles. The molecule has 112 valence electrons. The van der Waals surface area contributed by atoms with Gasteiger partial charge in [-0.15, -0.1) is 0 Å². The second kappa shape index (κ2) is 8.59. The Morgan fingerprint density at radius 1 is 1.35 bits per heavy atom. The quantitative estimate of drug-likeness (QED) is 0.719. The molecular formula is C16H25NO3. The van der Waals surface area contributed by atoms with E-state index in [1.165, 1.54) is 0 Å². The van der Waals surface area contributed by atoms with E-state index in [-0.39, 0.29) is 5.91 Å². The molecule has 1 rings (SSSR count). The third-order valence-electron chi connectivity index (χ3n) is 3.10. The molecule has 0 aliphatic heterocycles. The first-order valence-corrected chi connectivity index (χ1v) is 7.27. The van der Waals surface area contributed by atoms with E-state index >= 15 is 0 Å². The Labute approximate surface area is 121 Å². The summed E-state index contributed by atoms with van der Waals surface area (Å²) in [6, 6.07) is 7.18. The Bertz CT molecular complexity index is 418. The third-order valence-corrected chi connectivity index (χ3v) is 3.10. The van der Waals surface area contributed by atoms with Crippen molar-refractivity contribution in [3.63, 3.8) is 0 Å². The third kappa shape index (κ3) is 5.61. The van der Waals surface area contributed by atoms with Crippen LogP contribution in [0.2, 0.25) is 0 Å². The normalized spacial score (nSPS) is 13.6. The van der Waals surface area contributed by atoms with Crippen LogP contribution in [0, 0.1) is 0 Å². The number of hydrogen-bond acceptors (Lipinski definition) is 3. The molecule has 0 heterocycles.